The van der Waals surface area contributed by atoms with Crippen LogP contribution in [0, 0.1) is 0 Å². The van der Waals surface area contributed by atoms with Crippen LogP contribution < -0.4 is 5.32 Å². The monoisotopic (exact) mass is 462 g/mol. The number of carbonyl (C=O) groups excluding carboxylic acids is 1. The Bertz CT molecular complexity index is 1200. The van der Waals surface area contributed by atoms with Crippen molar-refractivity contribution in [3.05, 3.63) is 95.1 Å². The summed E-state index contributed by atoms with van der Waals surface area (Å²) in [5.74, 6) is -0.0635. The summed E-state index contributed by atoms with van der Waals surface area (Å²) in [4.78, 5) is 15.2. The maximum atomic E-state index is 12.4. The molecule has 3 aromatic rings. The van der Waals surface area contributed by atoms with Crippen molar-refractivity contribution in [3.8, 4) is 0 Å². The summed E-state index contributed by atoms with van der Waals surface area (Å²) in [7, 11) is -3.23. The van der Waals surface area contributed by atoms with Crippen molar-refractivity contribution in [2.24, 2.45) is 0 Å². The SMILES string of the molecule is CCS(=O)(=O)c1ccc(CC(=O)Nc2ccc(CN3CCCc4ccccc4C3)cc2)cc1. The molecule has 0 unspecified atom stereocenters. The fraction of sp³-hybridized carbons (Fsp3) is 0.296. The van der Waals surface area contributed by atoms with E-state index in [1.807, 2.05) is 12.1 Å². The minimum Gasteiger partial charge on any atom is -0.326 e. The highest BCUT2D eigenvalue weighted by Gasteiger charge is 2.15. The third-order valence-electron chi connectivity index (χ3n) is 6.10. The minimum absolute atomic E-state index is 0.0634. The van der Waals surface area contributed by atoms with Gasteiger partial charge in [-0.3, -0.25) is 9.69 Å². The Balaban J connectivity index is 1.32. The van der Waals surface area contributed by atoms with Gasteiger partial charge in [-0.15, -0.1) is 0 Å². The average Bonchev–Trinajstić information content (AvgIpc) is 3.02. The van der Waals surface area contributed by atoms with Crippen molar-refractivity contribution < 1.29 is 13.2 Å². The van der Waals surface area contributed by atoms with Gasteiger partial charge in [-0.2, -0.15) is 0 Å². The number of carbonyl (C=O) groups is 1. The molecular weight excluding hydrogens is 432 g/mol. The van der Waals surface area contributed by atoms with Crippen LogP contribution in [0.1, 0.15) is 35.6 Å². The first-order chi connectivity index (χ1) is 15.9. The lowest BCUT2D eigenvalue weighted by Crippen LogP contribution is -2.22. The summed E-state index contributed by atoms with van der Waals surface area (Å²) >= 11 is 0. The number of nitrogens with zero attached hydrogens (tertiary/aromatic N) is 1. The quantitative estimate of drug-likeness (QED) is 0.557. The second kappa shape index (κ2) is 10.3. The van der Waals surface area contributed by atoms with E-state index < -0.39 is 9.84 Å². The number of benzene rings is 3. The molecule has 0 bridgehead atoms. The molecule has 5 nitrogen and oxygen atoms in total. The average molecular weight is 463 g/mol. The Morgan fingerprint density at radius 2 is 1.58 bits per heavy atom. The van der Waals surface area contributed by atoms with Crippen LogP contribution in [-0.4, -0.2) is 31.5 Å². The van der Waals surface area contributed by atoms with Crippen molar-refractivity contribution >= 4 is 21.4 Å². The molecule has 6 heteroatoms. The van der Waals surface area contributed by atoms with Gasteiger partial charge >= 0.3 is 0 Å². The molecule has 1 N–H and O–H groups in total. The lowest BCUT2D eigenvalue weighted by Gasteiger charge is -2.20. The molecule has 0 aromatic heterocycles. The molecular formula is C27H30N2O3S. The molecule has 172 valence electrons. The molecule has 0 saturated heterocycles. The molecule has 1 heterocycles. The molecule has 3 aromatic carbocycles. The highest BCUT2D eigenvalue weighted by atomic mass is 32.2. The molecule has 0 radical (unpaired) electrons. The Kier molecular flexibility index (Phi) is 7.26. The van der Waals surface area contributed by atoms with E-state index in [0.717, 1.165) is 43.7 Å². The van der Waals surface area contributed by atoms with E-state index in [4.69, 9.17) is 0 Å². The molecule has 0 aliphatic carbocycles. The molecule has 0 fully saturated rings. The molecule has 4 rings (SSSR count). The lowest BCUT2D eigenvalue weighted by atomic mass is 10.0. The van der Waals surface area contributed by atoms with Crippen LogP contribution in [0.4, 0.5) is 5.69 Å². The smallest absolute Gasteiger partial charge is 0.228 e. The number of hydrogen-bond donors (Lipinski definition) is 1. The Morgan fingerprint density at radius 3 is 2.27 bits per heavy atom. The standard InChI is InChI=1S/C27H30N2O3S/c1-2-33(31,32)26-15-11-21(12-16-26)18-27(30)28-25-13-9-22(10-14-25)19-29-17-5-8-23-6-3-4-7-24(23)20-29/h3-4,6-7,9-16H,2,5,8,17-20H2,1H3,(H,28,30). The summed E-state index contributed by atoms with van der Waals surface area (Å²) in [6, 6.07) is 23.2. The van der Waals surface area contributed by atoms with Crippen LogP contribution in [0.25, 0.3) is 0 Å². The van der Waals surface area contributed by atoms with Gasteiger partial charge in [-0.25, -0.2) is 8.42 Å². The number of fused-ring (bicyclic) bond motifs is 1. The minimum atomic E-state index is -3.23. The normalized spacial score (nSPS) is 14.3. The first-order valence-electron chi connectivity index (χ1n) is 11.4. The van der Waals surface area contributed by atoms with Crippen LogP contribution in [0.15, 0.2) is 77.7 Å². The summed E-state index contributed by atoms with van der Waals surface area (Å²) in [5, 5.41) is 2.93. The summed E-state index contributed by atoms with van der Waals surface area (Å²) in [6.45, 7) is 4.54. The van der Waals surface area contributed by atoms with Crippen molar-refractivity contribution in [1.29, 1.82) is 0 Å². The van der Waals surface area contributed by atoms with E-state index in [9.17, 15) is 13.2 Å². The summed E-state index contributed by atoms with van der Waals surface area (Å²) < 4.78 is 23.8. The van der Waals surface area contributed by atoms with Crippen LogP contribution in [0.3, 0.4) is 0 Å². The lowest BCUT2D eigenvalue weighted by molar-refractivity contribution is -0.115. The number of amides is 1. The van der Waals surface area contributed by atoms with Crippen LogP contribution >= 0.6 is 0 Å². The van der Waals surface area contributed by atoms with Crippen LogP contribution in [-0.2, 0) is 40.6 Å². The van der Waals surface area contributed by atoms with Crippen molar-refractivity contribution in [1.82, 2.24) is 4.90 Å². The summed E-state index contributed by atoms with van der Waals surface area (Å²) in [5.41, 5.74) is 5.63. The van der Waals surface area contributed by atoms with Crippen LogP contribution in [0.5, 0.6) is 0 Å². The maximum absolute atomic E-state index is 12.4. The summed E-state index contributed by atoms with van der Waals surface area (Å²) in [6.07, 6.45) is 2.49. The van der Waals surface area contributed by atoms with Gasteiger partial charge in [0.1, 0.15) is 0 Å². The van der Waals surface area contributed by atoms with E-state index in [1.54, 1.807) is 31.2 Å². The van der Waals surface area contributed by atoms with E-state index in [0.29, 0.717) is 0 Å². The van der Waals surface area contributed by atoms with Gasteiger partial charge < -0.3 is 5.32 Å². The van der Waals surface area contributed by atoms with Gasteiger partial charge in [0, 0.05) is 18.8 Å². The Hall–Kier alpha value is -2.96. The van der Waals surface area contributed by atoms with E-state index in [-0.39, 0.29) is 23.0 Å². The highest BCUT2D eigenvalue weighted by Crippen LogP contribution is 2.21. The number of nitrogens with one attached hydrogen (secondary N) is 1. The van der Waals surface area contributed by atoms with Gasteiger partial charge in [0.15, 0.2) is 9.84 Å². The molecule has 33 heavy (non-hydrogen) atoms. The zero-order chi connectivity index (χ0) is 23.3. The number of anilines is 1. The Labute approximate surface area is 196 Å². The molecule has 1 amide bonds. The van der Waals surface area contributed by atoms with Gasteiger partial charge in [-0.05, 0) is 65.9 Å². The van der Waals surface area contributed by atoms with Crippen LogP contribution in [0.2, 0.25) is 0 Å². The fourth-order valence-corrected chi connectivity index (χ4v) is 5.11. The van der Waals surface area contributed by atoms with Crippen molar-refractivity contribution in [2.45, 2.75) is 44.2 Å². The number of aryl methyl sites for hydroxylation is 1. The molecule has 0 saturated carbocycles. The zero-order valence-corrected chi connectivity index (χ0v) is 19.8. The predicted octanol–water partition coefficient (Wildman–Crippen LogP) is 4.61. The number of sulfone groups is 1. The third kappa shape index (κ3) is 6.09. The Morgan fingerprint density at radius 1 is 0.909 bits per heavy atom. The molecule has 0 spiro atoms. The van der Waals surface area contributed by atoms with E-state index >= 15 is 0 Å². The van der Waals surface area contributed by atoms with Crippen molar-refractivity contribution in [3.63, 3.8) is 0 Å². The number of hydrogen-bond acceptors (Lipinski definition) is 4. The van der Waals surface area contributed by atoms with Gasteiger partial charge in [0.05, 0.1) is 17.1 Å². The second-order valence-electron chi connectivity index (χ2n) is 8.55. The predicted molar refractivity (Wildman–Crippen MR) is 132 cm³/mol. The van der Waals surface area contributed by atoms with Gasteiger partial charge in [0.2, 0.25) is 5.91 Å². The molecule has 1 aliphatic heterocycles. The van der Waals surface area contributed by atoms with E-state index in [2.05, 4.69) is 46.6 Å². The highest BCUT2D eigenvalue weighted by molar-refractivity contribution is 7.91. The first kappa shape index (κ1) is 23.2. The van der Waals surface area contributed by atoms with E-state index in [1.165, 1.54) is 16.7 Å². The van der Waals surface area contributed by atoms with Gasteiger partial charge in [-0.1, -0.05) is 55.5 Å². The van der Waals surface area contributed by atoms with Gasteiger partial charge in [0.25, 0.3) is 0 Å². The topological polar surface area (TPSA) is 66.5 Å². The molecule has 0 atom stereocenters. The maximum Gasteiger partial charge on any atom is 0.228 e. The number of rotatable bonds is 7. The second-order valence-corrected chi connectivity index (χ2v) is 10.8. The fourth-order valence-electron chi connectivity index (χ4n) is 4.23. The largest absolute Gasteiger partial charge is 0.326 e. The zero-order valence-electron chi connectivity index (χ0n) is 19.0. The van der Waals surface area contributed by atoms with Crippen molar-refractivity contribution in [2.75, 3.05) is 17.6 Å². The third-order valence-corrected chi connectivity index (χ3v) is 7.85. The first-order valence-corrected chi connectivity index (χ1v) is 13.1. The molecule has 1 aliphatic rings.